The van der Waals surface area contributed by atoms with Crippen molar-refractivity contribution in [2.24, 2.45) is 17.8 Å². The molecule has 0 aliphatic carbocycles. The molecule has 0 bridgehead atoms. The normalized spacial score (nSPS) is 11.9. The maximum Gasteiger partial charge on any atom is 0.905 e. The summed E-state index contributed by atoms with van der Waals surface area (Å²) in [5.41, 5.74) is 0. The average Bonchev–Trinajstić information content (AvgIpc) is 2.65. The van der Waals surface area contributed by atoms with Crippen LogP contribution in [0.25, 0.3) is 0 Å². The first-order valence-electron chi connectivity index (χ1n) is 11.0. The highest BCUT2D eigenvalue weighted by molar-refractivity contribution is 6.36. The third-order valence-electron chi connectivity index (χ3n) is 5.80. The summed E-state index contributed by atoms with van der Waals surface area (Å²) in [4.78, 5) is 0. The maximum absolute atomic E-state index is 6.07. The van der Waals surface area contributed by atoms with Crippen LogP contribution in [0.2, 0.25) is 0 Å². The van der Waals surface area contributed by atoms with E-state index in [0.717, 1.165) is 56.8 Å². The molecular formula is C21H45AlO3. The summed E-state index contributed by atoms with van der Waals surface area (Å²) < 4.78 is 18.2. The molecule has 0 aliphatic heterocycles. The summed E-state index contributed by atoms with van der Waals surface area (Å²) in [6.07, 6.45) is 10.8. The van der Waals surface area contributed by atoms with E-state index in [-0.39, 0.29) is 0 Å². The van der Waals surface area contributed by atoms with Gasteiger partial charge in [0.15, 0.2) is 0 Å². The number of hydrogen-bond donors (Lipinski definition) is 0. The zero-order chi connectivity index (χ0) is 18.9. The third kappa shape index (κ3) is 13.3. The van der Waals surface area contributed by atoms with Crippen molar-refractivity contribution in [2.45, 2.75) is 99.3 Å². The highest BCUT2D eigenvalue weighted by Crippen LogP contribution is 2.16. The van der Waals surface area contributed by atoms with E-state index in [0.29, 0.717) is 0 Å². The van der Waals surface area contributed by atoms with Crippen molar-refractivity contribution in [3.05, 3.63) is 0 Å². The van der Waals surface area contributed by atoms with Gasteiger partial charge in [-0.1, -0.05) is 80.1 Å². The molecule has 0 amide bonds. The quantitative estimate of drug-likeness (QED) is 0.257. The standard InChI is InChI=1S/3C7H15O.Al/c3*1-3-7(4-2)5-6-8;/h3*7H,3-6H2,1-2H3;/q3*-1;+3. The molecule has 150 valence electrons. The highest BCUT2D eigenvalue weighted by atomic mass is 27.3. The van der Waals surface area contributed by atoms with Gasteiger partial charge in [-0.25, -0.2) is 0 Å². The second-order valence-corrected chi connectivity index (χ2v) is 8.89. The van der Waals surface area contributed by atoms with Gasteiger partial charge in [-0.3, -0.25) is 0 Å². The molecule has 0 radical (unpaired) electrons. The zero-order valence-electron chi connectivity index (χ0n) is 18.0. The fraction of sp³-hybridized carbons (Fsp3) is 1.00. The molecule has 0 spiro atoms. The molecule has 0 aromatic heterocycles. The zero-order valence-corrected chi connectivity index (χ0v) is 19.2. The lowest BCUT2D eigenvalue weighted by Crippen LogP contribution is -2.30. The van der Waals surface area contributed by atoms with Crippen LogP contribution in [-0.2, 0) is 11.4 Å². The lowest BCUT2D eigenvalue weighted by molar-refractivity contribution is 0.0783. The lowest BCUT2D eigenvalue weighted by atomic mass is 10.0. The van der Waals surface area contributed by atoms with E-state index in [1.165, 1.54) is 38.5 Å². The molecule has 0 fully saturated rings. The third-order valence-corrected chi connectivity index (χ3v) is 7.33. The van der Waals surface area contributed by atoms with E-state index >= 15 is 0 Å². The molecule has 0 saturated carbocycles. The topological polar surface area (TPSA) is 27.7 Å². The van der Waals surface area contributed by atoms with Crippen LogP contribution in [0.15, 0.2) is 0 Å². The van der Waals surface area contributed by atoms with E-state index < -0.39 is 15.1 Å². The summed E-state index contributed by atoms with van der Waals surface area (Å²) >= 11 is -1.98. The van der Waals surface area contributed by atoms with Crippen molar-refractivity contribution < 1.29 is 11.4 Å². The Morgan fingerprint density at radius 1 is 0.480 bits per heavy atom. The van der Waals surface area contributed by atoms with Crippen molar-refractivity contribution in [3.8, 4) is 0 Å². The highest BCUT2D eigenvalue weighted by Gasteiger charge is 2.31. The Morgan fingerprint density at radius 2 is 0.720 bits per heavy atom. The summed E-state index contributed by atoms with van der Waals surface area (Å²) in [5, 5.41) is 0. The number of rotatable bonds is 18. The van der Waals surface area contributed by atoms with E-state index in [9.17, 15) is 0 Å². The molecular weight excluding hydrogens is 327 g/mol. The smallest absolute Gasteiger partial charge is 0.454 e. The molecule has 4 heteroatoms. The first-order valence-corrected chi connectivity index (χ1v) is 12.4. The van der Waals surface area contributed by atoms with Gasteiger partial charge in [0.05, 0.1) is 0 Å². The monoisotopic (exact) mass is 372 g/mol. The summed E-state index contributed by atoms with van der Waals surface area (Å²) in [6.45, 7) is 16.0. The fourth-order valence-electron chi connectivity index (χ4n) is 3.23. The van der Waals surface area contributed by atoms with Gasteiger partial charge in [-0.15, -0.1) is 0 Å². The Hall–Kier alpha value is 0.412. The van der Waals surface area contributed by atoms with Gasteiger partial charge in [0.1, 0.15) is 0 Å². The van der Waals surface area contributed by atoms with Gasteiger partial charge in [0.2, 0.25) is 0 Å². The fourth-order valence-corrected chi connectivity index (χ4v) is 4.50. The molecule has 3 nitrogen and oxygen atoms in total. The van der Waals surface area contributed by atoms with Crippen LogP contribution in [0.5, 0.6) is 0 Å². The van der Waals surface area contributed by atoms with E-state index in [1.807, 2.05) is 0 Å². The summed E-state index contributed by atoms with van der Waals surface area (Å²) in [6, 6.07) is 0. The predicted molar refractivity (Wildman–Crippen MR) is 110 cm³/mol. The molecule has 0 rings (SSSR count). The second-order valence-electron chi connectivity index (χ2n) is 7.31. The van der Waals surface area contributed by atoms with Gasteiger partial charge in [0, 0.05) is 19.8 Å². The lowest BCUT2D eigenvalue weighted by Gasteiger charge is -2.19. The summed E-state index contributed by atoms with van der Waals surface area (Å²) in [5.74, 6) is 2.30. The Balaban J connectivity index is 4.24. The minimum atomic E-state index is -1.98. The molecule has 0 saturated heterocycles. The minimum Gasteiger partial charge on any atom is -0.454 e. The first-order chi connectivity index (χ1) is 12.1. The molecule has 0 atom stereocenters. The minimum absolute atomic E-state index is 0.767. The predicted octanol–water partition coefficient (Wildman–Crippen LogP) is 6.50. The molecule has 25 heavy (non-hydrogen) atoms. The largest absolute Gasteiger partial charge is 0.905 e. The van der Waals surface area contributed by atoms with Crippen LogP contribution in [-0.4, -0.2) is 35.0 Å². The molecule has 0 heterocycles. The van der Waals surface area contributed by atoms with Gasteiger partial charge in [-0.05, 0) is 37.0 Å². The molecule has 0 aromatic rings. The van der Waals surface area contributed by atoms with Crippen LogP contribution in [0, 0.1) is 17.8 Å². The second kappa shape index (κ2) is 17.8. The van der Waals surface area contributed by atoms with Gasteiger partial charge >= 0.3 is 15.1 Å². The van der Waals surface area contributed by atoms with Crippen molar-refractivity contribution in [2.75, 3.05) is 19.8 Å². The molecule has 0 N–H and O–H groups in total. The van der Waals surface area contributed by atoms with Crippen LogP contribution in [0.3, 0.4) is 0 Å². The Bertz CT molecular complexity index is 221. The SMILES string of the molecule is CCC(CC)CC[O][Al]([O]CCC(CC)CC)[O]CCC(CC)CC. The van der Waals surface area contributed by atoms with E-state index in [1.54, 1.807) is 0 Å². The Labute approximate surface area is 163 Å². The van der Waals surface area contributed by atoms with Gasteiger partial charge in [0.25, 0.3) is 0 Å². The molecule has 0 aromatic carbocycles. The average molecular weight is 373 g/mol. The van der Waals surface area contributed by atoms with Crippen molar-refractivity contribution in [1.29, 1.82) is 0 Å². The van der Waals surface area contributed by atoms with Crippen LogP contribution in [0.1, 0.15) is 99.3 Å². The molecule has 0 aliphatic rings. The van der Waals surface area contributed by atoms with Crippen LogP contribution >= 0.6 is 0 Å². The van der Waals surface area contributed by atoms with Gasteiger partial charge in [-0.2, -0.15) is 0 Å². The van der Waals surface area contributed by atoms with Crippen molar-refractivity contribution in [3.63, 3.8) is 0 Å². The van der Waals surface area contributed by atoms with Crippen molar-refractivity contribution in [1.82, 2.24) is 0 Å². The Kier molecular flexibility index (Phi) is 18.1. The van der Waals surface area contributed by atoms with Crippen LogP contribution in [0.4, 0.5) is 0 Å². The van der Waals surface area contributed by atoms with E-state index in [2.05, 4.69) is 41.5 Å². The van der Waals surface area contributed by atoms with E-state index in [4.69, 9.17) is 11.4 Å². The van der Waals surface area contributed by atoms with Gasteiger partial charge < -0.3 is 11.4 Å². The maximum atomic E-state index is 6.07. The number of hydrogen-bond acceptors (Lipinski definition) is 3. The first kappa shape index (κ1) is 25.4. The van der Waals surface area contributed by atoms with Crippen LogP contribution < -0.4 is 0 Å². The van der Waals surface area contributed by atoms with Crippen molar-refractivity contribution >= 4 is 15.1 Å². The Morgan fingerprint density at radius 3 is 0.920 bits per heavy atom. The molecule has 0 unspecified atom stereocenters. The summed E-state index contributed by atoms with van der Waals surface area (Å²) in [7, 11) is 0.